The van der Waals surface area contributed by atoms with Crippen molar-refractivity contribution in [3.05, 3.63) is 35.1 Å². The molecule has 1 heterocycles. The molecule has 1 aromatic carbocycles. The van der Waals surface area contributed by atoms with E-state index < -0.39 is 0 Å². The number of phenolic OH excluding ortho intramolecular Hbond substituents is 1. The van der Waals surface area contributed by atoms with E-state index in [1.165, 1.54) is 0 Å². The van der Waals surface area contributed by atoms with Gasteiger partial charge in [-0.2, -0.15) is 15.0 Å². The molecule has 0 saturated carbocycles. The largest absolute Gasteiger partial charge is 0.508 e. The van der Waals surface area contributed by atoms with Crippen molar-refractivity contribution < 1.29 is 5.11 Å². The Morgan fingerprint density at radius 3 is 2.35 bits per heavy atom. The molecule has 3 N–H and O–H groups in total. The highest BCUT2D eigenvalue weighted by Crippen LogP contribution is 2.11. The van der Waals surface area contributed by atoms with Crippen LogP contribution < -0.4 is 10.6 Å². The Labute approximate surface area is 122 Å². The third-order valence-electron chi connectivity index (χ3n) is 2.58. The van der Waals surface area contributed by atoms with E-state index in [1.807, 2.05) is 19.1 Å². The lowest BCUT2D eigenvalue weighted by Crippen LogP contribution is -2.11. The van der Waals surface area contributed by atoms with Gasteiger partial charge in [0.15, 0.2) is 0 Å². The molecule has 0 saturated heterocycles. The van der Waals surface area contributed by atoms with Gasteiger partial charge in [-0.05, 0) is 42.6 Å². The first kappa shape index (κ1) is 14.3. The van der Waals surface area contributed by atoms with E-state index in [2.05, 4.69) is 25.6 Å². The monoisotopic (exact) mass is 293 g/mol. The molecule has 0 spiro atoms. The second-order valence-electron chi connectivity index (χ2n) is 4.13. The van der Waals surface area contributed by atoms with Crippen molar-refractivity contribution >= 4 is 23.5 Å². The van der Waals surface area contributed by atoms with Gasteiger partial charge in [-0.1, -0.05) is 12.1 Å². The fourth-order valence-electron chi connectivity index (χ4n) is 1.65. The maximum atomic E-state index is 9.21. The van der Waals surface area contributed by atoms with E-state index >= 15 is 0 Å². The third kappa shape index (κ3) is 4.24. The van der Waals surface area contributed by atoms with Crippen LogP contribution in [0.5, 0.6) is 5.75 Å². The minimum atomic E-state index is 0.156. The number of nitrogens with one attached hydrogen (secondary N) is 2. The summed E-state index contributed by atoms with van der Waals surface area (Å²) in [6, 6.07) is 7.08. The Morgan fingerprint density at radius 1 is 1.05 bits per heavy atom. The van der Waals surface area contributed by atoms with Gasteiger partial charge in [0, 0.05) is 13.1 Å². The van der Waals surface area contributed by atoms with Gasteiger partial charge < -0.3 is 15.7 Å². The van der Waals surface area contributed by atoms with Crippen molar-refractivity contribution in [1.29, 1.82) is 0 Å². The molecule has 106 valence electrons. The first-order valence-electron chi connectivity index (χ1n) is 6.34. The summed E-state index contributed by atoms with van der Waals surface area (Å²) in [5, 5.41) is 15.4. The minimum Gasteiger partial charge on any atom is -0.508 e. The average molecular weight is 294 g/mol. The molecular formula is C13H16ClN5O. The molecule has 0 aliphatic rings. The first-order chi connectivity index (χ1) is 9.67. The summed E-state index contributed by atoms with van der Waals surface area (Å²) in [6.45, 7) is 3.33. The normalized spacial score (nSPS) is 10.3. The van der Waals surface area contributed by atoms with Crippen LogP contribution in [0.2, 0.25) is 5.28 Å². The predicted octanol–water partition coefficient (Wildman–Crippen LogP) is 2.32. The molecular weight excluding hydrogens is 278 g/mol. The van der Waals surface area contributed by atoms with Crippen LogP contribution in [0.25, 0.3) is 0 Å². The fraction of sp³-hybridized carbons (Fsp3) is 0.308. The van der Waals surface area contributed by atoms with E-state index in [-0.39, 0.29) is 11.0 Å². The maximum Gasteiger partial charge on any atom is 0.228 e. The van der Waals surface area contributed by atoms with Crippen LogP contribution in [-0.2, 0) is 6.42 Å². The number of aromatic nitrogens is 3. The Balaban J connectivity index is 1.91. The summed E-state index contributed by atoms with van der Waals surface area (Å²) < 4.78 is 0. The summed E-state index contributed by atoms with van der Waals surface area (Å²) in [5.41, 5.74) is 1.11. The molecule has 2 aromatic rings. The second kappa shape index (κ2) is 6.91. The lowest BCUT2D eigenvalue weighted by molar-refractivity contribution is 0.475. The van der Waals surface area contributed by atoms with E-state index in [4.69, 9.17) is 11.6 Å². The molecule has 0 unspecified atom stereocenters. The number of halogens is 1. The summed E-state index contributed by atoms with van der Waals surface area (Å²) in [6.07, 6.45) is 0.792. The summed E-state index contributed by atoms with van der Waals surface area (Å²) in [4.78, 5) is 12.2. The lowest BCUT2D eigenvalue weighted by atomic mass is 10.1. The van der Waals surface area contributed by atoms with Crippen molar-refractivity contribution in [2.75, 3.05) is 23.7 Å². The maximum absolute atomic E-state index is 9.21. The predicted molar refractivity (Wildman–Crippen MR) is 79.3 cm³/mol. The zero-order valence-corrected chi connectivity index (χ0v) is 11.9. The van der Waals surface area contributed by atoms with Gasteiger partial charge in [-0.3, -0.25) is 0 Å². The van der Waals surface area contributed by atoms with Crippen LogP contribution in [0, 0.1) is 0 Å². The van der Waals surface area contributed by atoms with Crippen molar-refractivity contribution in [3.63, 3.8) is 0 Å². The SMILES string of the molecule is CCNc1nc(Cl)nc(NCCc2ccc(O)cc2)n1. The zero-order chi connectivity index (χ0) is 14.4. The molecule has 7 heteroatoms. The number of anilines is 2. The van der Waals surface area contributed by atoms with Crippen molar-refractivity contribution in [2.45, 2.75) is 13.3 Å². The summed E-state index contributed by atoms with van der Waals surface area (Å²) in [7, 11) is 0. The van der Waals surface area contributed by atoms with Crippen LogP contribution in [-0.4, -0.2) is 33.1 Å². The van der Waals surface area contributed by atoms with Crippen LogP contribution in [0.3, 0.4) is 0 Å². The van der Waals surface area contributed by atoms with Crippen molar-refractivity contribution in [1.82, 2.24) is 15.0 Å². The number of hydrogen-bond acceptors (Lipinski definition) is 6. The van der Waals surface area contributed by atoms with E-state index in [9.17, 15) is 5.11 Å². The van der Waals surface area contributed by atoms with Crippen molar-refractivity contribution in [2.24, 2.45) is 0 Å². The molecule has 0 amide bonds. The van der Waals surface area contributed by atoms with Gasteiger partial charge in [0.25, 0.3) is 0 Å². The Morgan fingerprint density at radius 2 is 1.70 bits per heavy atom. The standard InChI is InChI=1S/C13H16ClN5O/c1-2-15-12-17-11(14)18-13(19-12)16-8-7-9-3-5-10(20)6-4-9/h3-6,20H,2,7-8H2,1H3,(H2,15,16,17,18,19). The van der Waals surface area contributed by atoms with E-state index in [0.717, 1.165) is 12.0 Å². The van der Waals surface area contributed by atoms with Gasteiger partial charge in [-0.15, -0.1) is 0 Å². The fourth-order valence-corrected chi connectivity index (χ4v) is 1.81. The molecule has 0 fully saturated rings. The smallest absolute Gasteiger partial charge is 0.228 e. The topological polar surface area (TPSA) is 83.0 Å². The van der Waals surface area contributed by atoms with Crippen LogP contribution >= 0.6 is 11.6 Å². The Bertz CT molecular complexity index is 561. The Kier molecular flexibility index (Phi) is 4.95. The molecule has 0 radical (unpaired) electrons. The summed E-state index contributed by atoms with van der Waals surface area (Å²) >= 11 is 5.83. The average Bonchev–Trinajstić information content (AvgIpc) is 2.41. The highest BCUT2D eigenvalue weighted by Gasteiger charge is 2.03. The van der Waals surface area contributed by atoms with Crippen LogP contribution in [0.4, 0.5) is 11.9 Å². The molecule has 6 nitrogen and oxygen atoms in total. The zero-order valence-electron chi connectivity index (χ0n) is 11.1. The molecule has 1 aromatic heterocycles. The number of aromatic hydroxyl groups is 1. The number of rotatable bonds is 6. The van der Waals surface area contributed by atoms with Gasteiger partial charge in [0.05, 0.1) is 0 Å². The van der Waals surface area contributed by atoms with Gasteiger partial charge >= 0.3 is 0 Å². The molecule has 0 atom stereocenters. The van der Waals surface area contributed by atoms with Gasteiger partial charge in [0.1, 0.15) is 5.75 Å². The lowest BCUT2D eigenvalue weighted by Gasteiger charge is -2.07. The molecule has 0 aliphatic carbocycles. The van der Waals surface area contributed by atoms with Crippen LogP contribution in [0.15, 0.2) is 24.3 Å². The van der Waals surface area contributed by atoms with Crippen LogP contribution in [0.1, 0.15) is 12.5 Å². The molecule has 20 heavy (non-hydrogen) atoms. The number of phenols is 1. The Hall–Kier alpha value is -2.08. The third-order valence-corrected chi connectivity index (χ3v) is 2.75. The molecule has 0 aliphatic heterocycles. The second-order valence-corrected chi connectivity index (χ2v) is 4.46. The molecule has 0 bridgehead atoms. The van der Waals surface area contributed by atoms with Gasteiger partial charge in [-0.25, -0.2) is 0 Å². The first-order valence-corrected chi connectivity index (χ1v) is 6.72. The quantitative estimate of drug-likeness (QED) is 0.758. The highest BCUT2D eigenvalue weighted by atomic mass is 35.5. The number of benzene rings is 1. The minimum absolute atomic E-state index is 0.156. The summed E-state index contributed by atoms with van der Waals surface area (Å²) in [5.74, 6) is 1.17. The highest BCUT2D eigenvalue weighted by molar-refractivity contribution is 6.28. The van der Waals surface area contributed by atoms with Gasteiger partial charge in [0.2, 0.25) is 17.2 Å². The molecule has 2 rings (SSSR count). The number of hydrogen-bond donors (Lipinski definition) is 3. The van der Waals surface area contributed by atoms with Crippen molar-refractivity contribution in [3.8, 4) is 5.75 Å². The number of nitrogens with zero attached hydrogens (tertiary/aromatic N) is 3. The van der Waals surface area contributed by atoms with E-state index in [1.54, 1.807) is 12.1 Å². The van der Waals surface area contributed by atoms with E-state index in [0.29, 0.717) is 25.0 Å².